The summed E-state index contributed by atoms with van der Waals surface area (Å²) in [6.07, 6.45) is 13.2. The monoisotopic (exact) mass is 309 g/mol. The quantitative estimate of drug-likeness (QED) is 0.733. The first-order valence-electron chi connectivity index (χ1n) is 7.84. The predicted molar refractivity (Wildman–Crippen MR) is 88.7 cm³/mol. The zero-order valence-corrected chi connectivity index (χ0v) is 13.1. The van der Waals surface area contributed by atoms with E-state index < -0.39 is 0 Å². The number of fused-ring (bicyclic) bond motifs is 1. The average Bonchev–Trinajstić information content (AvgIpc) is 3.10. The highest BCUT2D eigenvalue weighted by molar-refractivity contribution is 5.64. The van der Waals surface area contributed by atoms with Crippen molar-refractivity contribution in [1.29, 1.82) is 0 Å². The Labute approximate surface area is 134 Å². The molecule has 1 saturated heterocycles. The highest BCUT2D eigenvalue weighted by Gasteiger charge is 2.26. The van der Waals surface area contributed by atoms with Crippen molar-refractivity contribution < 1.29 is 0 Å². The third-order valence-corrected chi connectivity index (χ3v) is 4.46. The lowest BCUT2D eigenvalue weighted by Crippen LogP contribution is -2.47. The third-order valence-electron chi connectivity index (χ3n) is 4.46. The lowest BCUT2D eigenvalue weighted by atomic mass is 10.0. The maximum Gasteiger partial charge on any atom is 0.180 e. The Kier molecular flexibility index (Phi) is 3.53. The van der Waals surface area contributed by atoms with Crippen LogP contribution >= 0.6 is 0 Å². The summed E-state index contributed by atoms with van der Waals surface area (Å²) in [5, 5.41) is 0. The van der Waals surface area contributed by atoms with E-state index in [4.69, 9.17) is 0 Å². The van der Waals surface area contributed by atoms with Gasteiger partial charge in [0, 0.05) is 57.2 Å². The molecule has 0 N–H and O–H groups in total. The second kappa shape index (κ2) is 5.83. The van der Waals surface area contributed by atoms with E-state index in [0.717, 1.165) is 43.2 Å². The Morgan fingerprint density at radius 3 is 2.83 bits per heavy atom. The molecule has 0 saturated carbocycles. The third kappa shape index (κ3) is 2.58. The maximum atomic E-state index is 4.57. The predicted octanol–water partition coefficient (Wildman–Crippen LogP) is 1.62. The van der Waals surface area contributed by atoms with Crippen molar-refractivity contribution in [2.24, 2.45) is 0 Å². The van der Waals surface area contributed by atoms with Gasteiger partial charge in [-0.1, -0.05) is 0 Å². The van der Waals surface area contributed by atoms with Crippen LogP contribution in [0.25, 0.3) is 5.65 Å². The summed E-state index contributed by atoms with van der Waals surface area (Å²) < 4.78 is 2.01. The number of aromatic nitrogens is 5. The van der Waals surface area contributed by atoms with Gasteiger partial charge in [0.2, 0.25) is 0 Å². The van der Waals surface area contributed by atoms with Gasteiger partial charge in [-0.05, 0) is 18.9 Å². The standard InChI is InChI=1S/C16H19N7/c1-21(14-4-5-17-12-20-14)13-3-2-8-23(11-13)16-15-18-6-9-22(15)10-7-19-16/h4-7,9-10,12-13H,2-3,8,11H2,1H3. The molecule has 118 valence electrons. The molecule has 1 aliphatic rings. The van der Waals surface area contributed by atoms with Crippen molar-refractivity contribution in [2.45, 2.75) is 18.9 Å². The molecule has 3 aromatic heterocycles. The number of imidazole rings is 1. The molecule has 0 bridgehead atoms. The molecule has 1 aliphatic heterocycles. The maximum absolute atomic E-state index is 4.57. The zero-order valence-electron chi connectivity index (χ0n) is 13.1. The van der Waals surface area contributed by atoms with Crippen molar-refractivity contribution in [3.05, 3.63) is 43.4 Å². The van der Waals surface area contributed by atoms with E-state index in [1.165, 1.54) is 0 Å². The summed E-state index contributed by atoms with van der Waals surface area (Å²) in [5.41, 5.74) is 0.915. The Hall–Kier alpha value is -2.70. The van der Waals surface area contributed by atoms with Gasteiger partial charge in [0.05, 0.1) is 0 Å². The topological polar surface area (TPSA) is 62.5 Å². The summed E-state index contributed by atoms with van der Waals surface area (Å²) in [5.74, 6) is 1.91. The summed E-state index contributed by atoms with van der Waals surface area (Å²) >= 11 is 0. The molecule has 0 spiro atoms. The molecule has 0 aromatic carbocycles. The average molecular weight is 309 g/mol. The fourth-order valence-electron chi connectivity index (χ4n) is 3.21. The van der Waals surface area contributed by atoms with Crippen LogP contribution in [0.2, 0.25) is 0 Å². The van der Waals surface area contributed by atoms with Crippen LogP contribution in [0, 0.1) is 0 Å². The first-order chi connectivity index (χ1) is 11.3. The van der Waals surface area contributed by atoms with Crippen molar-refractivity contribution in [1.82, 2.24) is 24.3 Å². The van der Waals surface area contributed by atoms with E-state index in [9.17, 15) is 0 Å². The smallest absolute Gasteiger partial charge is 0.180 e. The van der Waals surface area contributed by atoms with Crippen LogP contribution in [0.1, 0.15) is 12.8 Å². The van der Waals surface area contributed by atoms with Crippen molar-refractivity contribution >= 4 is 17.3 Å². The van der Waals surface area contributed by atoms with E-state index in [2.05, 4.69) is 36.8 Å². The van der Waals surface area contributed by atoms with Crippen LogP contribution in [0.4, 0.5) is 11.6 Å². The van der Waals surface area contributed by atoms with Crippen LogP contribution in [-0.2, 0) is 0 Å². The molecule has 7 heteroatoms. The molecule has 4 heterocycles. The highest BCUT2D eigenvalue weighted by Crippen LogP contribution is 2.24. The lowest BCUT2D eigenvalue weighted by Gasteiger charge is -2.38. The summed E-state index contributed by atoms with van der Waals surface area (Å²) in [6, 6.07) is 2.35. The van der Waals surface area contributed by atoms with Gasteiger partial charge in [0.25, 0.3) is 0 Å². The SMILES string of the molecule is CN(c1ccncn1)C1CCCN(c2nccn3ccnc23)C1. The van der Waals surface area contributed by atoms with Gasteiger partial charge in [-0.15, -0.1) is 0 Å². The first-order valence-corrected chi connectivity index (χ1v) is 7.84. The van der Waals surface area contributed by atoms with Crippen LogP contribution in [0.15, 0.2) is 43.4 Å². The largest absolute Gasteiger partial charge is 0.355 e. The van der Waals surface area contributed by atoms with Crippen LogP contribution in [0.5, 0.6) is 0 Å². The second-order valence-electron chi connectivity index (χ2n) is 5.83. The molecule has 0 aliphatic carbocycles. The highest BCUT2D eigenvalue weighted by atomic mass is 15.3. The number of hydrogen-bond donors (Lipinski definition) is 0. The van der Waals surface area contributed by atoms with E-state index in [1.54, 1.807) is 12.5 Å². The van der Waals surface area contributed by atoms with Gasteiger partial charge in [0.1, 0.15) is 12.1 Å². The summed E-state index contributed by atoms with van der Waals surface area (Å²) in [6.45, 7) is 1.92. The number of likely N-dealkylation sites (N-methyl/N-ethyl adjacent to an activating group) is 1. The van der Waals surface area contributed by atoms with Crippen molar-refractivity contribution in [3.8, 4) is 0 Å². The van der Waals surface area contributed by atoms with Crippen LogP contribution < -0.4 is 9.80 Å². The second-order valence-corrected chi connectivity index (χ2v) is 5.83. The minimum absolute atomic E-state index is 0.399. The Bertz CT molecular complexity index is 785. The minimum Gasteiger partial charge on any atom is -0.355 e. The molecular weight excluding hydrogens is 290 g/mol. The molecule has 0 radical (unpaired) electrons. The minimum atomic E-state index is 0.399. The molecular formula is C16H19N7. The van der Waals surface area contributed by atoms with Crippen molar-refractivity contribution in [3.63, 3.8) is 0 Å². The molecule has 1 unspecified atom stereocenters. The fraction of sp³-hybridized carbons (Fsp3) is 0.375. The van der Waals surface area contributed by atoms with Crippen LogP contribution in [-0.4, -0.2) is 50.5 Å². The normalized spacial score (nSPS) is 18.3. The first kappa shape index (κ1) is 13.9. The zero-order chi connectivity index (χ0) is 15.6. The molecule has 1 fully saturated rings. The fourth-order valence-corrected chi connectivity index (χ4v) is 3.21. The van der Waals surface area contributed by atoms with Gasteiger partial charge in [-0.2, -0.15) is 0 Å². The van der Waals surface area contributed by atoms with E-state index in [1.807, 2.05) is 35.3 Å². The van der Waals surface area contributed by atoms with Gasteiger partial charge in [0.15, 0.2) is 11.5 Å². The number of anilines is 2. The van der Waals surface area contributed by atoms with Crippen LogP contribution in [0.3, 0.4) is 0 Å². The lowest BCUT2D eigenvalue weighted by molar-refractivity contribution is 0.483. The van der Waals surface area contributed by atoms with Crippen molar-refractivity contribution in [2.75, 3.05) is 29.9 Å². The Balaban J connectivity index is 1.59. The summed E-state index contributed by atoms with van der Waals surface area (Å²) in [4.78, 5) is 21.9. The Morgan fingerprint density at radius 1 is 1.13 bits per heavy atom. The Morgan fingerprint density at radius 2 is 2.00 bits per heavy atom. The number of rotatable bonds is 3. The van der Waals surface area contributed by atoms with Gasteiger partial charge < -0.3 is 14.2 Å². The number of piperidine rings is 1. The van der Waals surface area contributed by atoms with Gasteiger partial charge in [-0.25, -0.2) is 19.9 Å². The van der Waals surface area contributed by atoms with Gasteiger partial charge in [-0.3, -0.25) is 0 Å². The molecule has 4 rings (SSSR count). The van der Waals surface area contributed by atoms with E-state index in [0.29, 0.717) is 6.04 Å². The van der Waals surface area contributed by atoms with Gasteiger partial charge >= 0.3 is 0 Å². The summed E-state index contributed by atoms with van der Waals surface area (Å²) in [7, 11) is 2.10. The van der Waals surface area contributed by atoms with E-state index >= 15 is 0 Å². The molecule has 7 nitrogen and oxygen atoms in total. The molecule has 1 atom stereocenters. The van der Waals surface area contributed by atoms with E-state index in [-0.39, 0.29) is 0 Å². The molecule has 23 heavy (non-hydrogen) atoms. The number of nitrogens with zero attached hydrogens (tertiary/aromatic N) is 7. The molecule has 3 aromatic rings. The molecule has 0 amide bonds. The number of hydrogen-bond acceptors (Lipinski definition) is 6.